The van der Waals surface area contributed by atoms with Gasteiger partial charge in [0, 0.05) is 5.92 Å². The summed E-state index contributed by atoms with van der Waals surface area (Å²) in [6.07, 6.45) is 6.80. The molecular weight excluding hydrogens is 265 g/mol. The highest BCUT2D eigenvalue weighted by Gasteiger charge is 2.41. The Kier molecular flexibility index (Phi) is 3.09. The Morgan fingerprint density at radius 2 is 1.78 bits per heavy atom. The fourth-order valence-electron chi connectivity index (χ4n) is 3.34. The molecule has 1 fully saturated rings. The maximum Gasteiger partial charge on any atom is 0.0668 e. The first-order chi connectivity index (χ1) is 8.70. The molecule has 18 heavy (non-hydrogen) atoms. The minimum absolute atomic E-state index is 0.0750. The van der Waals surface area contributed by atoms with E-state index in [1.807, 2.05) is 18.2 Å². The van der Waals surface area contributed by atoms with E-state index in [-0.39, 0.29) is 11.8 Å². The van der Waals surface area contributed by atoms with Crippen LogP contribution >= 0.6 is 23.2 Å². The summed E-state index contributed by atoms with van der Waals surface area (Å²) < 4.78 is 0. The lowest BCUT2D eigenvalue weighted by molar-refractivity contribution is 0.225. The summed E-state index contributed by atoms with van der Waals surface area (Å²) >= 11 is 12.1. The van der Waals surface area contributed by atoms with Crippen molar-refractivity contribution in [3.63, 3.8) is 0 Å². The van der Waals surface area contributed by atoms with Gasteiger partial charge in [-0.2, -0.15) is 5.26 Å². The van der Waals surface area contributed by atoms with Gasteiger partial charge in [0.15, 0.2) is 0 Å². The molecule has 3 heteroatoms. The Balaban J connectivity index is 2.02. The van der Waals surface area contributed by atoms with E-state index in [9.17, 15) is 5.26 Å². The molecule has 0 aliphatic heterocycles. The van der Waals surface area contributed by atoms with Gasteiger partial charge in [-0.15, -0.1) is 0 Å². The van der Waals surface area contributed by atoms with Gasteiger partial charge in [0.1, 0.15) is 0 Å². The SMILES string of the molecule is N#C[C@H]1[C@H](c2ccc(Cl)c(Cl)c2)[C@H]2C=C[C@@H]1CC2. The Hall–Kier alpha value is -0.970. The lowest BCUT2D eigenvalue weighted by atomic mass is 9.61. The summed E-state index contributed by atoms with van der Waals surface area (Å²) in [6.45, 7) is 0. The highest BCUT2D eigenvalue weighted by Crippen LogP contribution is 2.50. The van der Waals surface area contributed by atoms with Gasteiger partial charge in [-0.3, -0.25) is 0 Å². The van der Waals surface area contributed by atoms with Crippen molar-refractivity contribution in [2.75, 3.05) is 0 Å². The monoisotopic (exact) mass is 277 g/mol. The Morgan fingerprint density at radius 1 is 1.06 bits per heavy atom. The van der Waals surface area contributed by atoms with Crippen LogP contribution < -0.4 is 0 Å². The van der Waals surface area contributed by atoms with Gasteiger partial charge in [0.2, 0.25) is 0 Å². The van der Waals surface area contributed by atoms with Crippen molar-refractivity contribution in [1.82, 2.24) is 0 Å². The zero-order valence-corrected chi connectivity index (χ0v) is 11.3. The second-order valence-corrected chi connectivity index (χ2v) is 5.96. The zero-order chi connectivity index (χ0) is 12.7. The molecule has 4 atom stereocenters. The number of fused-ring (bicyclic) bond motifs is 2. The molecule has 0 amide bonds. The molecule has 3 aliphatic rings. The number of halogens is 2. The van der Waals surface area contributed by atoms with Crippen molar-refractivity contribution in [2.24, 2.45) is 17.8 Å². The first-order valence-corrected chi connectivity index (χ1v) is 6.99. The lowest BCUT2D eigenvalue weighted by Crippen LogP contribution is -2.34. The largest absolute Gasteiger partial charge is 0.198 e. The molecule has 92 valence electrons. The first-order valence-electron chi connectivity index (χ1n) is 6.23. The summed E-state index contributed by atoms with van der Waals surface area (Å²) in [5.74, 6) is 1.22. The third-order valence-electron chi connectivity index (χ3n) is 4.23. The van der Waals surface area contributed by atoms with Crippen molar-refractivity contribution in [1.29, 1.82) is 5.26 Å². The molecule has 0 saturated heterocycles. The van der Waals surface area contributed by atoms with Crippen LogP contribution in [0.3, 0.4) is 0 Å². The predicted molar refractivity (Wildman–Crippen MR) is 73.7 cm³/mol. The molecule has 0 N–H and O–H groups in total. The highest BCUT2D eigenvalue weighted by atomic mass is 35.5. The van der Waals surface area contributed by atoms with E-state index in [0.29, 0.717) is 21.9 Å². The van der Waals surface area contributed by atoms with E-state index in [1.165, 1.54) is 6.42 Å². The number of allylic oxidation sites excluding steroid dienone is 2. The summed E-state index contributed by atoms with van der Waals surface area (Å²) in [6, 6.07) is 8.26. The number of hydrogen-bond acceptors (Lipinski definition) is 1. The Bertz CT molecular complexity index is 544. The van der Waals surface area contributed by atoms with Crippen molar-refractivity contribution >= 4 is 23.2 Å². The van der Waals surface area contributed by atoms with Crippen molar-refractivity contribution < 1.29 is 0 Å². The second kappa shape index (κ2) is 4.61. The number of nitriles is 1. The van der Waals surface area contributed by atoms with Crippen molar-refractivity contribution in [3.05, 3.63) is 46.0 Å². The smallest absolute Gasteiger partial charge is 0.0668 e. The van der Waals surface area contributed by atoms with Gasteiger partial charge in [0.05, 0.1) is 22.0 Å². The fraction of sp³-hybridized carbons (Fsp3) is 0.400. The number of hydrogen-bond donors (Lipinski definition) is 0. The van der Waals surface area contributed by atoms with E-state index in [2.05, 4.69) is 18.2 Å². The molecule has 0 aromatic heterocycles. The molecule has 1 aromatic carbocycles. The third-order valence-corrected chi connectivity index (χ3v) is 4.96. The average Bonchev–Trinajstić information content (AvgIpc) is 2.42. The van der Waals surface area contributed by atoms with E-state index < -0.39 is 0 Å². The van der Waals surface area contributed by atoms with E-state index in [0.717, 1.165) is 12.0 Å². The molecule has 0 spiro atoms. The van der Waals surface area contributed by atoms with Crippen LogP contribution in [0.1, 0.15) is 24.3 Å². The summed E-state index contributed by atoms with van der Waals surface area (Å²) in [4.78, 5) is 0. The standard InChI is InChI=1S/C15H13Cl2N/c16-13-6-5-11(7-14(13)17)15-10-3-1-9(2-4-10)12(15)8-18/h1,3,5-7,9-10,12,15H,2,4H2/t9-,10+,12-,15+/m1/s1. The van der Waals surface area contributed by atoms with E-state index in [1.54, 1.807) is 0 Å². The van der Waals surface area contributed by atoms with Crippen LogP contribution in [0.25, 0.3) is 0 Å². The predicted octanol–water partition coefficient (Wildman–Crippen LogP) is 4.81. The number of benzene rings is 1. The summed E-state index contributed by atoms with van der Waals surface area (Å²) in [5, 5.41) is 10.6. The minimum atomic E-state index is 0.0750. The van der Waals surface area contributed by atoms with Crippen LogP contribution in [0.4, 0.5) is 0 Å². The first kappa shape index (κ1) is 12.1. The van der Waals surface area contributed by atoms with Crippen LogP contribution in [0, 0.1) is 29.1 Å². The molecule has 2 bridgehead atoms. The third kappa shape index (κ3) is 1.85. The maximum absolute atomic E-state index is 9.43. The lowest BCUT2D eigenvalue weighted by Gasteiger charge is -2.42. The van der Waals surface area contributed by atoms with Gasteiger partial charge in [-0.1, -0.05) is 41.4 Å². The number of rotatable bonds is 1. The van der Waals surface area contributed by atoms with Crippen LogP contribution in [-0.2, 0) is 0 Å². The molecular formula is C15H13Cl2N. The average molecular weight is 278 g/mol. The van der Waals surface area contributed by atoms with Gasteiger partial charge in [-0.05, 0) is 42.4 Å². The fourth-order valence-corrected chi connectivity index (χ4v) is 3.65. The van der Waals surface area contributed by atoms with Crippen molar-refractivity contribution in [3.8, 4) is 6.07 Å². The van der Waals surface area contributed by atoms with Crippen LogP contribution in [0.15, 0.2) is 30.4 Å². The number of nitrogens with zero attached hydrogens (tertiary/aromatic N) is 1. The Morgan fingerprint density at radius 3 is 2.39 bits per heavy atom. The summed E-state index contributed by atoms with van der Waals surface area (Å²) in [7, 11) is 0. The maximum atomic E-state index is 9.43. The van der Waals surface area contributed by atoms with Gasteiger partial charge < -0.3 is 0 Å². The normalized spacial score (nSPS) is 33.4. The minimum Gasteiger partial charge on any atom is -0.198 e. The van der Waals surface area contributed by atoms with E-state index in [4.69, 9.17) is 23.2 Å². The van der Waals surface area contributed by atoms with Crippen LogP contribution in [0.5, 0.6) is 0 Å². The summed E-state index contributed by atoms with van der Waals surface area (Å²) in [5.41, 5.74) is 1.15. The topological polar surface area (TPSA) is 23.8 Å². The highest BCUT2D eigenvalue weighted by molar-refractivity contribution is 6.42. The van der Waals surface area contributed by atoms with E-state index >= 15 is 0 Å². The quantitative estimate of drug-likeness (QED) is 0.676. The van der Waals surface area contributed by atoms with Gasteiger partial charge >= 0.3 is 0 Å². The van der Waals surface area contributed by atoms with Crippen molar-refractivity contribution in [2.45, 2.75) is 18.8 Å². The zero-order valence-electron chi connectivity index (χ0n) is 9.81. The molecule has 1 aromatic rings. The molecule has 4 rings (SSSR count). The molecule has 0 heterocycles. The van der Waals surface area contributed by atoms with Gasteiger partial charge in [0.25, 0.3) is 0 Å². The molecule has 0 unspecified atom stereocenters. The molecule has 1 saturated carbocycles. The van der Waals surface area contributed by atoms with Crippen LogP contribution in [0.2, 0.25) is 10.0 Å². The molecule has 3 aliphatic carbocycles. The molecule has 0 radical (unpaired) electrons. The molecule has 1 nitrogen and oxygen atoms in total. The second-order valence-electron chi connectivity index (χ2n) is 5.14. The Labute approximate surface area is 117 Å². The van der Waals surface area contributed by atoms with Crippen LogP contribution in [-0.4, -0.2) is 0 Å². The van der Waals surface area contributed by atoms with Gasteiger partial charge in [-0.25, -0.2) is 0 Å².